The van der Waals surface area contributed by atoms with Gasteiger partial charge in [-0.25, -0.2) is 21.9 Å². The van der Waals surface area contributed by atoms with Gasteiger partial charge in [0.1, 0.15) is 24.5 Å². The van der Waals surface area contributed by atoms with Gasteiger partial charge in [-0.15, -0.1) is 0 Å². The number of hydrogen-bond donors (Lipinski definition) is 3. The summed E-state index contributed by atoms with van der Waals surface area (Å²) in [4.78, 5) is 54.3. The van der Waals surface area contributed by atoms with E-state index in [0.717, 1.165) is 18.4 Å². The van der Waals surface area contributed by atoms with Crippen LogP contribution in [0.15, 0.2) is 18.2 Å². The molecule has 11 nitrogen and oxygen atoms in total. The second kappa shape index (κ2) is 13.4. The van der Waals surface area contributed by atoms with E-state index in [1.807, 2.05) is 13.8 Å². The number of amides is 3. The van der Waals surface area contributed by atoms with E-state index in [9.17, 15) is 36.4 Å². The Bertz CT molecular complexity index is 1300. The van der Waals surface area contributed by atoms with Gasteiger partial charge in [0.05, 0.1) is 12.3 Å². The number of nitrogens with zero attached hydrogens (tertiary/aromatic N) is 1. The van der Waals surface area contributed by atoms with Gasteiger partial charge in [-0.2, -0.15) is 0 Å². The summed E-state index contributed by atoms with van der Waals surface area (Å²) in [5.74, 6) is -5.24. The van der Waals surface area contributed by atoms with Crippen molar-refractivity contribution >= 4 is 33.5 Å². The molecule has 2 fully saturated rings. The van der Waals surface area contributed by atoms with Crippen molar-refractivity contribution in [2.45, 2.75) is 71.5 Å². The Morgan fingerprint density at radius 1 is 1.21 bits per heavy atom. The Morgan fingerprint density at radius 2 is 1.90 bits per heavy atom. The van der Waals surface area contributed by atoms with Crippen molar-refractivity contribution in [1.82, 2.24) is 20.3 Å². The van der Waals surface area contributed by atoms with Crippen molar-refractivity contribution < 1.29 is 41.1 Å². The highest BCUT2D eigenvalue weighted by atomic mass is 32.2. The molecule has 2 aliphatic heterocycles. The molecule has 1 aromatic rings. The van der Waals surface area contributed by atoms with E-state index in [1.165, 1.54) is 4.90 Å². The van der Waals surface area contributed by atoms with Crippen LogP contribution in [0.3, 0.4) is 0 Å². The Balaban J connectivity index is 1.84. The Kier molecular flexibility index (Phi) is 10.7. The number of ether oxygens (including phenoxy) is 1. The van der Waals surface area contributed by atoms with Crippen LogP contribution < -0.4 is 20.1 Å². The number of carbonyl (C=O) groups is 4. The summed E-state index contributed by atoms with van der Waals surface area (Å²) >= 11 is 0. The number of benzene rings is 1. The lowest BCUT2D eigenvalue weighted by Gasteiger charge is -2.44. The third-order valence-corrected chi connectivity index (χ3v) is 8.35. The molecule has 4 atom stereocenters. The van der Waals surface area contributed by atoms with Gasteiger partial charge in [-0.05, 0) is 49.1 Å². The number of carbonyl (C=O) groups excluding carboxylic acids is 4. The summed E-state index contributed by atoms with van der Waals surface area (Å²) in [6, 6.07) is -0.695. The first-order valence-corrected chi connectivity index (χ1v) is 15.8. The van der Waals surface area contributed by atoms with E-state index in [2.05, 4.69) is 15.4 Å². The molecule has 14 heteroatoms. The minimum Gasteiger partial charge on any atom is -0.483 e. The highest BCUT2D eigenvalue weighted by Crippen LogP contribution is 2.35. The molecule has 3 N–H and O–H groups in total. The van der Waals surface area contributed by atoms with E-state index in [4.69, 9.17) is 4.74 Å². The minimum atomic E-state index is -3.74. The SMILES string of the molecule is CC(C)[C@H](NS(C)(=O)=O)C(=O)N1CCC(C)(C)C[C@@H]1C(=O)N[C@@H](C[C@@H]1CCNC1=O)C(=O)COc1ccc(F)cc1F. The maximum absolute atomic E-state index is 14.1. The average Bonchev–Trinajstić information content (AvgIpc) is 3.28. The molecule has 0 aliphatic carbocycles. The van der Waals surface area contributed by atoms with Crippen LogP contribution in [-0.4, -0.2) is 80.9 Å². The Morgan fingerprint density at radius 3 is 2.48 bits per heavy atom. The van der Waals surface area contributed by atoms with Crippen LogP contribution in [0.25, 0.3) is 0 Å². The maximum Gasteiger partial charge on any atom is 0.243 e. The fourth-order valence-electron chi connectivity index (χ4n) is 5.23. The molecule has 0 unspecified atom stereocenters. The second-order valence-electron chi connectivity index (χ2n) is 12.2. The molecule has 42 heavy (non-hydrogen) atoms. The lowest BCUT2D eigenvalue weighted by atomic mass is 9.78. The number of sulfonamides is 1. The largest absolute Gasteiger partial charge is 0.483 e. The smallest absolute Gasteiger partial charge is 0.243 e. The molecule has 1 aromatic carbocycles. The summed E-state index contributed by atoms with van der Waals surface area (Å²) in [5, 5.41) is 5.39. The number of halogens is 2. The number of Topliss-reactive ketones (excluding diaryl/α,β-unsaturated/α-hetero) is 1. The van der Waals surface area contributed by atoms with Crippen LogP contribution in [0.1, 0.15) is 53.4 Å². The molecular formula is C28H40F2N4O7S. The van der Waals surface area contributed by atoms with E-state index in [0.29, 0.717) is 25.5 Å². The van der Waals surface area contributed by atoms with E-state index in [1.54, 1.807) is 13.8 Å². The van der Waals surface area contributed by atoms with Crippen LogP contribution in [0.5, 0.6) is 5.75 Å². The van der Waals surface area contributed by atoms with Crippen molar-refractivity contribution in [3.8, 4) is 5.75 Å². The van der Waals surface area contributed by atoms with Crippen molar-refractivity contribution in [1.29, 1.82) is 0 Å². The quantitative estimate of drug-likeness (QED) is 0.323. The van der Waals surface area contributed by atoms with Gasteiger partial charge in [0.25, 0.3) is 0 Å². The first kappa shape index (κ1) is 33.4. The fraction of sp³-hybridized carbons (Fsp3) is 0.643. The predicted molar refractivity (Wildman–Crippen MR) is 150 cm³/mol. The summed E-state index contributed by atoms with van der Waals surface area (Å²) in [5.41, 5.74) is -0.343. The Labute approximate surface area is 245 Å². The topological polar surface area (TPSA) is 151 Å². The standard InChI is InChI=1S/C28H40F2N4O7S/c1-16(2)24(33-42(5,39)40)27(38)34-11-9-28(3,4)14-21(34)26(37)32-20(12-17-8-10-31-25(17)36)22(35)15-41-23-7-6-18(29)13-19(23)30/h6-7,13,16-17,20-21,24,33H,8-12,14-15H2,1-5H3,(H,31,36)(H,32,37)/t17-,20-,21+,24-/m0/s1. The van der Waals surface area contributed by atoms with Crippen LogP contribution in [0.2, 0.25) is 0 Å². The normalized spacial score (nSPS) is 21.9. The van der Waals surface area contributed by atoms with Gasteiger partial charge in [-0.1, -0.05) is 27.7 Å². The predicted octanol–water partition coefficient (Wildman–Crippen LogP) is 1.51. The molecule has 0 saturated carbocycles. The van der Waals surface area contributed by atoms with Gasteiger partial charge in [0.2, 0.25) is 27.7 Å². The zero-order valence-corrected chi connectivity index (χ0v) is 25.4. The van der Waals surface area contributed by atoms with Gasteiger partial charge >= 0.3 is 0 Å². The lowest BCUT2D eigenvalue weighted by Crippen LogP contribution is -2.61. The minimum absolute atomic E-state index is 0.0417. The molecule has 0 bridgehead atoms. The summed E-state index contributed by atoms with van der Waals surface area (Å²) < 4.78 is 58.9. The number of rotatable bonds is 12. The molecule has 3 rings (SSSR count). The molecular weight excluding hydrogens is 574 g/mol. The molecule has 2 aliphatic rings. The summed E-state index contributed by atoms with van der Waals surface area (Å²) in [6.07, 6.45) is 2.17. The molecule has 234 valence electrons. The van der Waals surface area contributed by atoms with E-state index < -0.39 is 75.8 Å². The van der Waals surface area contributed by atoms with Crippen molar-refractivity contribution in [2.75, 3.05) is 26.0 Å². The third kappa shape index (κ3) is 8.93. The number of piperidine rings is 1. The number of ketones is 1. The van der Waals surface area contributed by atoms with Crippen LogP contribution >= 0.6 is 0 Å². The second-order valence-corrected chi connectivity index (χ2v) is 14.0. The molecule has 0 aromatic heterocycles. The maximum atomic E-state index is 14.1. The fourth-order valence-corrected chi connectivity index (χ4v) is 6.06. The van der Waals surface area contributed by atoms with Crippen LogP contribution in [0.4, 0.5) is 8.78 Å². The number of nitrogens with one attached hydrogen (secondary N) is 3. The van der Waals surface area contributed by atoms with Crippen molar-refractivity contribution in [2.24, 2.45) is 17.3 Å². The highest BCUT2D eigenvalue weighted by molar-refractivity contribution is 7.88. The van der Waals surface area contributed by atoms with Gasteiger partial charge in [0, 0.05) is 25.1 Å². The van der Waals surface area contributed by atoms with Gasteiger partial charge < -0.3 is 20.3 Å². The van der Waals surface area contributed by atoms with Crippen molar-refractivity contribution in [3.05, 3.63) is 29.8 Å². The summed E-state index contributed by atoms with van der Waals surface area (Å²) in [7, 11) is -3.74. The van der Waals surface area contributed by atoms with Crippen LogP contribution in [-0.2, 0) is 29.2 Å². The lowest BCUT2D eigenvalue weighted by molar-refractivity contribution is -0.147. The first-order valence-electron chi connectivity index (χ1n) is 13.9. The highest BCUT2D eigenvalue weighted by Gasteiger charge is 2.43. The van der Waals surface area contributed by atoms with Gasteiger partial charge in [0.15, 0.2) is 17.3 Å². The zero-order chi connectivity index (χ0) is 31.4. The molecule has 0 spiro atoms. The molecule has 0 radical (unpaired) electrons. The van der Waals surface area contributed by atoms with Crippen LogP contribution in [0, 0.1) is 28.9 Å². The first-order chi connectivity index (χ1) is 19.5. The average molecular weight is 615 g/mol. The molecule has 3 amide bonds. The Hall–Kier alpha value is -3.13. The molecule has 2 heterocycles. The van der Waals surface area contributed by atoms with Gasteiger partial charge in [-0.3, -0.25) is 19.2 Å². The van der Waals surface area contributed by atoms with E-state index >= 15 is 0 Å². The van der Waals surface area contributed by atoms with Crippen molar-refractivity contribution in [3.63, 3.8) is 0 Å². The zero-order valence-electron chi connectivity index (χ0n) is 24.5. The monoisotopic (exact) mass is 614 g/mol. The number of hydrogen-bond acceptors (Lipinski definition) is 7. The van der Waals surface area contributed by atoms with E-state index in [-0.39, 0.29) is 36.5 Å². The number of likely N-dealkylation sites (tertiary alicyclic amines) is 1. The third-order valence-electron chi connectivity index (χ3n) is 7.66. The molecule has 2 saturated heterocycles. The summed E-state index contributed by atoms with van der Waals surface area (Å²) in [6.45, 7) is 7.22.